The second kappa shape index (κ2) is 8.20. The smallest absolute Gasteiger partial charge is 0.185 e. The number of hydrogen-bond acceptors (Lipinski definition) is 4. The summed E-state index contributed by atoms with van der Waals surface area (Å²) in [6.45, 7) is 6.92. The molecule has 0 amide bonds. The van der Waals surface area contributed by atoms with Gasteiger partial charge in [-0.1, -0.05) is 6.08 Å². The fourth-order valence-corrected chi connectivity index (χ4v) is 2.30. The van der Waals surface area contributed by atoms with Crippen LogP contribution >= 0.6 is 0 Å². The van der Waals surface area contributed by atoms with Crippen molar-refractivity contribution < 1.29 is 19.4 Å². The number of phenolic OH excluding ortho intramolecular Hbond substituents is 1. The summed E-state index contributed by atoms with van der Waals surface area (Å²) in [4.78, 5) is 12.2. The van der Waals surface area contributed by atoms with E-state index in [0.717, 1.165) is 16.9 Å². The number of carbonyl (C=O) groups excluding carboxylic acids is 1. The summed E-state index contributed by atoms with van der Waals surface area (Å²) in [5.41, 5.74) is 2.35. The molecular formula is C20H22O4. The largest absolute Gasteiger partial charge is 0.508 e. The second-order valence-electron chi connectivity index (χ2n) is 5.25. The summed E-state index contributed by atoms with van der Waals surface area (Å²) in [6.07, 6.45) is 3.27. The maximum Gasteiger partial charge on any atom is 0.185 e. The first-order chi connectivity index (χ1) is 11.5. The molecule has 0 bridgehead atoms. The van der Waals surface area contributed by atoms with Gasteiger partial charge < -0.3 is 14.6 Å². The lowest BCUT2D eigenvalue weighted by Gasteiger charge is -2.13. The van der Waals surface area contributed by atoms with Crippen molar-refractivity contribution in [3.8, 4) is 17.2 Å². The minimum Gasteiger partial charge on any atom is -0.508 e. The average Bonchev–Trinajstić information content (AvgIpc) is 2.57. The van der Waals surface area contributed by atoms with Crippen molar-refractivity contribution in [2.75, 3.05) is 13.2 Å². The van der Waals surface area contributed by atoms with Crippen LogP contribution in [0, 0.1) is 6.92 Å². The van der Waals surface area contributed by atoms with Crippen LogP contribution in [0.3, 0.4) is 0 Å². The Bertz CT molecular complexity index is 730. The van der Waals surface area contributed by atoms with Gasteiger partial charge in [0.15, 0.2) is 5.78 Å². The quantitative estimate of drug-likeness (QED) is 0.605. The second-order valence-corrected chi connectivity index (χ2v) is 5.25. The van der Waals surface area contributed by atoms with E-state index in [1.807, 2.05) is 32.9 Å². The Morgan fingerprint density at radius 2 is 1.75 bits per heavy atom. The Kier molecular flexibility index (Phi) is 6.01. The predicted molar refractivity (Wildman–Crippen MR) is 95.0 cm³/mol. The molecule has 4 heteroatoms. The molecule has 24 heavy (non-hydrogen) atoms. The molecule has 0 heterocycles. The highest BCUT2D eigenvalue weighted by Gasteiger charge is 2.08. The summed E-state index contributed by atoms with van der Waals surface area (Å²) in [7, 11) is 0. The lowest BCUT2D eigenvalue weighted by molar-refractivity contribution is 0.104. The average molecular weight is 326 g/mol. The van der Waals surface area contributed by atoms with Crippen LogP contribution in [0.15, 0.2) is 42.5 Å². The lowest BCUT2D eigenvalue weighted by atomic mass is 10.0. The van der Waals surface area contributed by atoms with Gasteiger partial charge in [-0.3, -0.25) is 4.79 Å². The molecule has 0 atom stereocenters. The van der Waals surface area contributed by atoms with Gasteiger partial charge in [-0.25, -0.2) is 0 Å². The van der Waals surface area contributed by atoms with Gasteiger partial charge >= 0.3 is 0 Å². The van der Waals surface area contributed by atoms with Gasteiger partial charge in [0.05, 0.1) is 13.2 Å². The molecule has 0 aliphatic heterocycles. The first-order valence-electron chi connectivity index (χ1n) is 7.96. The number of rotatable bonds is 7. The minimum atomic E-state index is -0.130. The van der Waals surface area contributed by atoms with Crippen molar-refractivity contribution in [3.05, 3.63) is 59.2 Å². The zero-order valence-electron chi connectivity index (χ0n) is 14.2. The number of ketones is 1. The third kappa shape index (κ3) is 4.38. The summed E-state index contributed by atoms with van der Waals surface area (Å²) in [5.74, 6) is 1.47. The van der Waals surface area contributed by atoms with Crippen molar-refractivity contribution in [3.63, 3.8) is 0 Å². The molecule has 126 valence electrons. The predicted octanol–water partition coefficient (Wildman–Crippen LogP) is 4.39. The molecule has 2 rings (SSSR count). The van der Waals surface area contributed by atoms with Crippen molar-refractivity contribution >= 4 is 11.9 Å². The maximum absolute atomic E-state index is 12.2. The number of ether oxygens (including phenoxy) is 2. The number of phenols is 1. The van der Waals surface area contributed by atoms with Crippen LogP contribution in [0.2, 0.25) is 0 Å². The van der Waals surface area contributed by atoms with E-state index in [-0.39, 0.29) is 11.5 Å². The number of hydrogen-bond donors (Lipinski definition) is 1. The highest BCUT2D eigenvalue weighted by atomic mass is 16.5. The third-order valence-electron chi connectivity index (χ3n) is 3.55. The summed E-state index contributed by atoms with van der Waals surface area (Å²) in [6, 6.07) is 9.93. The van der Waals surface area contributed by atoms with E-state index in [0.29, 0.717) is 24.5 Å². The van der Waals surface area contributed by atoms with E-state index in [2.05, 4.69) is 0 Å². The Hall–Kier alpha value is -2.75. The van der Waals surface area contributed by atoms with E-state index in [1.54, 1.807) is 18.2 Å². The molecule has 0 saturated carbocycles. The zero-order valence-corrected chi connectivity index (χ0v) is 14.2. The molecule has 2 aromatic carbocycles. The molecule has 4 nitrogen and oxygen atoms in total. The lowest BCUT2D eigenvalue weighted by Crippen LogP contribution is -1.99. The summed E-state index contributed by atoms with van der Waals surface area (Å²) >= 11 is 0. The molecule has 0 aromatic heterocycles. The van der Waals surface area contributed by atoms with E-state index >= 15 is 0 Å². The summed E-state index contributed by atoms with van der Waals surface area (Å²) < 4.78 is 11.2. The van der Waals surface area contributed by atoms with Gasteiger partial charge in [0.1, 0.15) is 17.2 Å². The number of allylic oxidation sites excluding steroid dienone is 1. The van der Waals surface area contributed by atoms with Crippen molar-refractivity contribution in [2.45, 2.75) is 20.8 Å². The molecule has 0 aliphatic carbocycles. The van der Waals surface area contributed by atoms with E-state index < -0.39 is 0 Å². The first-order valence-corrected chi connectivity index (χ1v) is 7.96. The van der Waals surface area contributed by atoms with Gasteiger partial charge in [0.25, 0.3) is 0 Å². The van der Waals surface area contributed by atoms with Crippen LogP contribution in [0.4, 0.5) is 0 Å². The monoisotopic (exact) mass is 326 g/mol. The van der Waals surface area contributed by atoms with Gasteiger partial charge in [-0.2, -0.15) is 0 Å². The molecule has 0 unspecified atom stereocenters. The Balaban J connectivity index is 2.29. The van der Waals surface area contributed by atoms with Crippen LogP contribution in [0.5, 0.6) is 17.2 Å². The topological polar surface area (TPSA) is 55.8 Å². The fraction of sp³-hybridized carbons (Fsp3) is 0.250. The van der Waals surface area contributed by atoms with E-state index in [9.17, 15) is 9.90 Å². The van der Waals surface area contributed by atoms with E-state index in [1.165, 1.54) is 18.2 Å². The Morgan fingerprint density at radius 1 is 1.08 bits per heavy atom. The molecular weight excluding hydrogens is 304 g/mol. The Labute approximate surface area is 142 Å². The van der Waals surface area contributed by atoms with Crippen LogP contribution in [0.25, 0.3) is 6.08 Å². The third-order valence-corrected chi connectivity index (χ3v) is 3.55. The van der Waals surface area contributed by atoms with Gasteiger partial charge in [0, 0.05) is 11.6 Å². The SMILES string of the molecule is CCOc1cc(/C=C/C(=O)c2ccc(O)cc2)c(C)c(OCC)c1. The van der Waals surface area contributed by atoms with E-state index in [4.69, 9.17) is 9.47 Å². The molecule has 0 radical (unpaired) electrons. The highest BCUT2D eigenvalue weighted by Crippen LogP contribution is 2.29. The normalized spacial score (nSPS) is 10.8. The molecule has 0 saturated heterocycles. The van der Waals surface area contributed by atoms with Crippen molar-refractivity contribution in [2.24, 2.45) is 0 Å². The van der Waals surface area contributed by atoms with Crippen molar-refractivity contribution in [1.29, 1.82) is 0 Å². The highest BCUT2D eigenvalue weighted by molar-refractivity contribution is 6.07. The maximum atomic E-state index is 12.2. The van der Waals surface area contributed by atoms with Gasteiger partial charge in [-0.15, -0.1) is 0 Å². The zero-order chi connectivity index (χ0) is 17.5. The molecule has 1 N–H and O–H groups in total. The summed E-state index contributed by atoms with van der Waals surface area (Å²) in [5, 5.41) is 9.29. The van der Waals surface area contributed by atoms with Gasteiger partial charge in [-0.05, 0) is 68.3 Å². The van der Waals surface area contributed by atoms with Crippen LogP contribution in [-0.4, -0.2) is 24.1 Å². The molecule has 0 fully saturated rings. The van der Waals surface area contributed by atoms with Crippen LogP contribution < -0.4 is 9.47 Å². The van der Waals surface area contributed by atoms with Gasteiger partial charge in [0.2, 0.25) is 0 Å². The fourth-order valence-electron chi connectivity index (χ4n) is 2.30. The number of carbonyl (C=O) groups is 1. The molecule has 2 aromatic rings. The number of benzene rings is 2. The Morgan fingerprint density at radius 3 is 2.38 bits per heavy atom. The molecule has 0 spiro atoms. The standard InChI is InChI=1S/C20H22O4/c1-4-23-18-12-16(14(3)20(13-18)24-5-2)8-11-19(22)15-6-9-17(21)10-7-15/h6-13,21H,4-5H2,1-3H3/b11-8+. The number of aromatic hydroxyl groups is 1. The van der Waals surface area contributed by atoms with Crippen molar-refractivity contribution in [1.82, 2.24) is 0 Å². The van der Waals surface area contributed by atoms with Crippen LogP contribution in [-0.2, 0) is 0 Å². The minimum absolute atomic E-state index is 0.130. The molecule has 0 aliphatic rings. The van der Waals surface area contributed by atoms with Crippen LogP contribution in [0.1, 0.15) is 35.3 Å². The first kappa shape index (κ1) is 17.6.